The third-order valence-electron chi connectivity index (χ3n) is 4.74. The molecule has 0 saturated carbocycles. The highest BCUT2D eigenvalue weighted by Crippen LogP contribution is 2.25. The first-order valence-electron chi connectivity index (χ1n) is 8.52. The zero-order chi connectivity index (χ0) is 17.8. The van der Waals surface area contributed by atoms with Gasteiger partial charge in [-0.05, 0) is 36.7 Å². The van der Waals surface area contributed by atoms with E-state index in [9.17, 15) is 9.90 Å². The van der Waals surface area contributed by atoms with Crippen LogP contribution in [-0.2, 0) is 4.79 Å². The molecule has 4 nitrogen and oxygen atoms in total. The Morgan fingerprint density at radius 3 is 2.48 bits per heavy atom. The first kappa shape index (κ1) is 17.9. The number of hydrogen-bond donors (Lipinski definition) is 2. The Balaban J connectivity index is 1.85. The van der Waals surface area contributed by atoms with Gasteiger partial charge in [0.1, 0.15) is 0 Å². The largest absolute Gasteiger partial charge is 0.392 e. The van der Waals surface area contributed by atoms with Crippen molar-refractivity contribution in [1.82, 2.24) is 10.2 Å². The van der Waals surface area contributed by atoms with Crippen LogP contribution in [0.15, 0.2) is 54.6 Å². The van der Waals surface area contributed by atoms with E-state index in [2.05, 4.69) is 10.2 Å². The quantitative estimate of drug-likeness (QED) is 0.883. The first-order valence-corrected chi connectivity index (χ1v) is 8.90. The van der Waals surface area contributed by atoms with Crippen LogP contribution in [-0.4, -0.2) is 42.2 Å². The number of aliphatic hydroxyl groups excluding tert-OH is 1. The molecule has 0 radical (unpaired) electrons. The fourth-order valence-corrected chi connectivity index (χ4v) is 3.40. The first-order chi connectivity index (χ1) is 12.0. The number of rotatable bonds is 4. The topological polar surface area (TPSA) is 52.6 Å². The number of likely N-dealkylation sites (tertiary alicyclic amines) is 1. The van der Waals surface area contributed by atoms with E-state index in [1.165, 1.54) is 0 Å². The Kier molecular flexibility index (Phi) is 5.74. The molecule has 2 aromatic carbocycles. The molecule has 1 unspecified atom stereocenters. The maximum Gasteiger partial charge on any atom is 0.227 e. The van der Waals surface area contributed by atoms with Crippen LogP contribution in [0.25, 0.3) is 0 Å². The molecule has 1 heterocycles. The van der Waals surface area contributed by atoms with Crippen molar-refractivity contribution in [2.24, 2.45) is 5.92 Å². The van der Waals surface area contributed by atoms with Gasteiger partial charge in [-0.25, -0.2) is 0 Å². The lowest BCUT2D eigenvalue weighted by molar-refractivity contribution is -0.131. The van der Waals surface area contributed by atoms with E-state index in [0.29, 0.717) is 18.0 Å². The number of nitrogens with zero attached hydrogens (tertiary/aromatic N) is 1. The second-order valence-electron chi connectivity index (χ2n) is 6.63. The number of carbonyl (C=O) groups is 1. The van der Waals surface area contributed by atoms with Gasteiger partial charge in [-0.2, -0.15) is 0 Å². The predicted octanol–water partition coefficient (Wildman–Crippen LogP) is 2.86. The highest BCUT2D eigenvalue weighted by atomic mass is 35.5. The monoisotopic (exact) mass is 358 g/mol. The summed E-state index contributed by atoms with van der Waals surface area (Å²) in [5.41, 5.74) is 1.96. The van der Waals surface area contributed by atoms with Crippen molar-refractivity contribution in [3.8, 4) is 0 Å². The Hall–Kier alpha value is -1.88. The second-order valence-corrected chi connectivity index (χ2v) is 7.07. The molecule has 1 amide bonds. The van der Waals surface area contributed by atoms with Crippen molar-refractivity contribution in [1.29, 1.82) is 0 Å². The molecule has 2 aromatic rings. The molecule has 132 valence electrons. The number of carbonyl (C=O) groups excluding carboxylic acids is 1. The normalized spacial score (nSPS) is 22.4. The van der Waals surface area contributed by atoms with E-state index in [-0.39, 0.29) is 11.9 Å². The fraction of sp³-hybridized carbons (Fsp3) is 0.350. The minimum atomic E-state index is -0.599. The number of nitrogens with one attached hydrogen (secondary N) is 1. The van der Waals surface area contributed by atoms with Gasteiger partial charge < -0.3 is 15.3 Å². The lowest BCUT2D eigenvalue weighted by Crippen LogP contribution is -2.49. The maximum atomic E-state index is 12.9. The molecule has 0 aliphatic carbocycles. The summed E-state index contributed by atoms with van der Waals surface area (Å²) in [6, 6.07) is 17.0. The van der Waals surface area contributed by atoms with E-state index in [1.54, 1.807) is 0 Å². The molecule has 3 atom stereocenters. The summed E-state index contributed by atoms with van der Waals surface area (Å²) in [6.45, 7) is 1.37. The fourth-order valence-electron chi connectivity index (χ4n) is 3.27. The molecule has 1 fully saturated rings. The SMILES string of the molecule is CN1CC[C@H](O)[C@@H](C(=O)NC(c2ccccc2)c2ccc(Cl)cc2)C1. The van der Waals surface area contributed by atoms with Gasteiger partial charge in [-0.15, -0.1) is 0 Å². The zero-order valence-corrected chi connectivity index (χ0v) is 15.0. The molecular formula is C20H23ClN2O2. The van der Waals surface area contributed by atoms with Crippen molar-refractivity contribution in [3.63, 3.8) is 0 Å². The average molecular weight is 359 g/mol. The molecular weight excluding hydrogens is 336 g/mol. The predicted molar refractivity (Wildman–Crippen MR) is 99.5 cm³/mol. The van der Waals surface area contributed by atoms with Gasteiger partial charge in [0, 0.05) is 18.1 Å². The average Bonchev–Trinajstić information content (AvgIpc) is 2.63. The van der Waals surface area contributed by atoms with E-state index in [0.717, 1.165) is 17.7 Å². The molecule has 5 heteroatoms. The Bertz CT molecular complexity index is 705. The Labute approximate surface area is 153 Å². The van der Waals surface area contributed by atoms with Crippen molar-refractivity contribution in [3.05, 3.63) is 70.7 Å². The van der Waals surface area contributed by atoms with Gasteiger partial charge in [0.15, 0.2) is 0 Å². The van der Waals surface area contributed by atoms with E-state index in [4.69, 9.17) is 11.6 Å². The van der Waals surface area contributed by atoms with Crippen LogP contribution in [0.4, 0.5) is 0 Å². The summed E-state index contributed by atoms with van der Waals surface area (Å²) >= 11 is 6.00. The molecule has 0 bridgehead atoms. The second kappa shape index (κ2) is 8.00. The van der Waals surface area contributed by atoms with Gasteiger partial charge in [-0.3, -0.25) is 4.79 Å². The highest BCUT2D eigenvalue weighted by Gasteiger charge is 2.33. The number of aliphatic hydroxyl groups is 1. The van der Waals surface area contributed by atoms with Crippen molar-refractivity contribution in [2.45, 2.75) is 18.6 Å². The molecule has 1 saturated heterocycles. The Morgan fingerprint density at radius 2 is 1.80 bits per heavy atom. The zero-order valence-electron chi connectivity index (χ0n) is 14.2. The summed E-state index contributed by atoms with van der Waals surface area (Å²) < 4.78 is 0. The van der Waals surface area contributed by atoms with E-state index in [1.807, 2.05) is 61.6 Å². The van der Waals surface area contributed by atoms with Crippen molar-refractivity contribution in [2.75, 3.05) is 20.1 Å². The molecule has 0 spiro atoms. The summed E-state index contributed by atoms with van der Waals surface area (Å²) in [6.07, 6.45) is 0.0174. The molecule has 2 N–H and O–H groups in total. The summed E-state index contributed by atoms with van der Waals surface area (Å²) in [4.78, 5) is 14.9. The van der Waals surface area contributed by atoms with Gasteiger partial charge >= 0.3 is 0 Å². The smallest absolute Gasteiger partial charge is 0.227 e. The van der Waals surface area contributed by atoms with Crippen LogP contribution < -0.4 is 5.32 Å². The summed E-state index contributed by atoms with van der Waals surface area (Å²) in [7, 11) is 1.97. The van der Waals surface area contributed by atoms with Crippen LogP contribution in [0.2, 0.25) is 5.02 Å². The molecule has 1 aliphatic rings. The standard InChI is InChI=1S/C20H23ClN2O2/c1-23-12-11-18(24)17(13-23)20(25)22-19(14-5-3-2-4-6-14)15-7-9-16(21)10-8-15/h2-10,17-19,24H,11-13H2,1H3,(H,22,25)/t17-,18-,19?/m0/s1. The van der Waals surface area contributed by atoms with Crippen LogP contribution in [0.5, 0.6) is 0 Å². The van der Waals surface area contributed by atoms with Gasteiger partial charge in [0.25, 0.3) is 0 Å². The summed E-state index contributed by atoms with van der Waals surface area (Å²) in [5.74, 6) is -0.542. The highest BCUT2D eigenvalue weighted by molar-refractivity contribution is 6.30. The van der Waals surface area contributed by atoms with E-state index >= 15 is 0 Å². The van der Waals surface area contributed by atoms with Crippen LogP contribution in [0.1, 0.15) is 23.6 Å². The Morgan fingerprint density at radius 1 is 1.16 bits per heavy atom. The number of amides is 1. The number of piperidine rings is 1. The maximum absolute atomic E-state index is 12.9. The molecule has 3 rings (SSSR count). The van der Waals surface area contributed by atoms with Gasteiger partial charge in [0.05, 0.1) is 18.1 Å². The van der Waals surface area contributed by atoms with Crippen LogP contribution in [0, 0.1) is 5.92 Å². The van der Waals surface area contributed by atoms with Crippen molar-refractivity contribution >= 4 is 17.5 Å². The minimum Gasteiger partial charge on any atom is -0.392 e. The third kappa shape index (κ3) is 4.40. The number of benzene rings is 2. The van der Waals surface area contributed by atoms with Gasteiger partial charge in [-0.1, -0.05) is 54.1 Å². The third-order valence-corrected chi connectivity index (χ3v) is 4.99. The lowest BCUT2D eigenvalue weighted by atomic mass is 9.92. The molecule has 25 heavy (non-hydrogen) atoms. The van der Waals surface area contributed by atoms with Gasteiger partial charge in [0.2, 0.25) is 5.91 Å². The minimum absolute atomic E-state index is 0.122. The number of hydrogen-bond acceptors (Lipinski definition) is 3. The van der Waals surface area contributed by atoms with Crippen molar-refractivity contribution < 1.29 is 9.90 Å². The summed E-state index contributed by atoms with van der Waals surface area (Å²) in [5, 5.41) is 14.0. The van der Waals surface area contributed by atoms with Crippen LogP contribution in [0.3, 0.4) is 0 Å². The molecule has 0 aromatic heterocycles. The lowest BCUT2D eigenvalue weighted by Gasteiger charge is -2.34. The molecule has 1 aliphatic heterocycles. The van der Waals surface area contributed by atoms with E-state index < -0.39 is 12.0 Å². The van der Waals surface area contributed by atoms with Crippen LogP contribution >= 0.6 is 11.6 Å². The number of halogens is 1.